The lowest BCUT2D eigenvalue weighted by Crippen LogP contribution is -2.22. The molecule has 0 aliphatic heterocycles. The summed E-state index contributed by atoms with van der Waals surface area (Å²) in [6.45, 7) is 6.84. The topological polar surface area (TPSA) is 34.4 Å². The lowest BCUT2D eigenvalue weighted by molar-refractivity contribution is 0.00119. The fraction of sp³-hybridized carbons (Fsp3) is 0.750. The third kappa shape index (κ3) is 4.36. The first kappa shape index (κ1) is 14.6. The summed E-state index contributed by atoms with van der Waals surface area (Å²) < 4.78 is 11.6. The van der Waals surface area contributed by atoms with Gasteiger partial charge in [-0.25, -0.2) is 0 Å². The molecule has 1 fully saturated rings. The smallest absolute Gasteiger partial charge is 0.123 e. The molecule has 0 radical (unpaired) electrons. The molecule has 2 rings (SSSR count). The van der Waals surface area contributed by atoms with Crippen LogP contribution >= 0.6 is 0 Å². The lowest BCUT2D eigenvalue weighted by Gasteiger charge is -2.28. The molecule has 108 valence electrons. The molecule has 0 spiro atoms. The van der Waals surface area contributed by atoms with Gasteiger partial charge in [-0.1, -0.05) is 33.1 Å². The monoisotopic (exact) mass is 265 g/mol. The van der Waals surface area contributed by atoms with Crippen molar-refractivity contribution in [2.45, 2.75) is 65.2 Å². The third-order valence-corrected chi connectivity index (χ3v) is 4.16. The molecule has 0 aromatic carbocycles. The minimum atomic E-state index is 0.445. The molecule has 2 atom stereocenters. The van der Waals surface area contributed by atoms with E-state index in [9.17, 15) is 0 Å². The van der Waals surface area contributed by atoms with Crippen LogP contribution in [0.4, 0.5) is 0 Å². The molecular weight excluding hydrogens is 238 g/mol. The van der Waals surface area contributed by atoms with Crippen LogP contribution in [0.2, 0.25) is 0 Å². The van der Waals surface area contributed by atoms with Crippen LogP contribution in [-0.4, -0.2) is 12.6 Å². The van der Waals surface area contributed by atoms with E-state index in [2.05, 4.69) is 19.2 Å². The average molecular weight is 265 g/mol. The zero-order chi connectivity index (χ0) is 13.5. The van der Waals surface area contributed by atoms with Crippen LogP contribution in [-0.2, 0) is 17.9 Å². The van der Waals surface area contributed by atoms with Gasteiger partial charge in [0.05, 0.1) is 25.5 Å². The highest BCUT2D eigenvalue weighted by Crippen LogP contribution is 2.29. The van der Waals surface area contributed by atoms with Crippen LogP contribution in [0.15, 0.2) is 16.7 Å². The average Bonchev–Trinajstić information content (AvgIpc) is 2.90. The number of ether oxygens (including phenoxy) is 1. The second-order valence-corrected chi connectivity index (χ2v) is 5.52. The highest BCUT2D eigenvalue weighted by molar-refractivity contribution is 5.15. The zero-order valence-electron chi connectivity index (χ0n) is 12.3. The third-order valence-electron chi connectivity index (χ3n) is 4.16. The van der Waals surface area contributed by atoms with E-state index in [1.165, 1.54) is 37.7 Å². The molecule has 1 heterocycles. The fourth-order valence-corrected chi connectivity index (χ4v) is 2.86. The Bertz CT molecular complexity index is 361. The van der Waals surface area contributed by atoms with E-state index < -0.39 is 0 Å². The number of furan rings is 1. The van der Waals surface area contributed by atoms with Crippen LogP contribution in [0.1, 0.15) is 57.3 Å². The van der Waals surface area contributed by atoms with Gasteiger partial charge in [-0.15, -0.1) is 0 Å². The van der Waals surface area contributed by atoms with E-state index in [4.69, 9.17) is 9.15 Å². The van der Waals surface area contributed by atoms with Crippen molar-refractivity contribution in [3.05, 3.63) is 23.7 Å². The van der Waals surface area contributed by atoms with Crippen molar-refractivity contribution in [2.75, 3.05) is 6.54 Å². The SMILES string of the molecule is CCNCc1occc1COC1CCCC(CC)C1. The van der Waals surface area contributed by atoms with Crippen LogP contribution < -0.4 is 5.32 Å². The maximum absolute atomic E-state index is 6.09. The summed E-state index contributed by atoms with van der Waals surface area (Å²) in [5, 5.41) is 3.30. The fourth-order valence-electron chi connectivity index (χ4n) is 2.86. The van der Waals surface area contributed by atoms with E-state index in [1.807, 2.05) is 6.07 Å². The predicted octanol–water partition coefficient (Wildman–Crippen LogP) is 3.87. The normalized spacial score (nSPS) is 23.7. The highest BCUT2D eigenvalue weighted by atomic mass is 16.5. The van der Waals surface area contributed by atoms with Crippen LogP contribution in [0.5, 0.6) is 0 Å². The van der Waals surface area contributed by atoms with Gasteiger partial charge >= 0.3 is 0 Å². The molecule has 1 saturated carbocycles. The molecule has 2 unspecified atom stereocenters. The van der Waals surface area contributed by atoms with Crippen molar-refractivity contribution in [3.63, 3.8) is 0 Å². The van der Waals surface area contributed by atoms with Crippen LogP contribution in [0.25, 0.3) is 0 Å². The second kappa shape index (κ2) is 7.71. The van der Waals surface area contributed by atoms with Gasteiger partial charge in [0.2, 0.25) is 0 Å². The van der Waals surface area contributed by atoms with E-state index in [0.29, 0.717) is 12.7 Å². The molecule has 1 aliphatic rings. The summed E-state index contributed by atoms with van der Waals surface area (Å²) in [6, 6.07) is 2.03. The largest absolute Gasteiger partial charge is 0.468 e. The standard InChI is InChI=1S/C16H27NO2/c1-3-13-6-5-7-15(10-13)19-12-14-8-9-18-16(14)11-17-4-2/h8-9,13,15,17H,3-7,10-12H2,1-2H3. The van der Waals surface area contributed by atoms with Gasteiger partial charge in [-0.2, -0.15) is 0 Å². The van der Waals surface area contributed by atoms with Gasteiger partial charge < -0.3 is 14.5 Å². The van der Waals surface area contributed by atoms with Gasteiger partial charge in [0.1, 0.15) is 5.76 Å². The molecule has 1 aromatic heterocycles. The quantitative estimate of drug-likeness (QED) is 0.812. The van der Waals surface area contributed by atoms with Gasteiger partial charge in [-0.3, -0.25) is 0 Å². The molecule has 1 aliphatic carbocycles. The first-order valence-electron chi connectivity index (χ1n) is 7.71. The van der Waals surface area contributed by atoms with Crippen LogP contribution in [0.3, 0.4) is 0 Å². The molecule has 0 saturated heterocycles. The molecule has 1 aromatic rings. The van der Waals surface area contributed by atoms with Crippen molar-refractivity contribution in [3.8, 4) is 0 Å². The van der Waals surface area contributed by atoms with E-state index in [0.717, 1.165) is 24.8 Å². The minimum Gasteiger partial charge on any atom is -0.468 e. The Kier molecular flexibility index (Phi) is 5.93. The number of hydrogen-bond donors (Lipinski definition) is 1. The summed E-state index contributed by atoms with van der Waals surface area (Å²) in [5.74, 6) is 1.88. The highest BCUT2D eigenvalue weighted by Gasteiger charge is 2.21. The number of hydrogen-bond acceptors (Lipinski definition) is 3. The van der Waals surface area contributed by atoms with Crippen molar-refractivity contribution in [2.24, 2.45) is 5.92 Å². The molecule has 3 heteroatoms. The number of rotatable bonds is 7. The first-order valence-corrected chi connectivity index (χ1v) is 7.71. The Morgan fingerprint density at radius 2 is 2.26 bits per heavy atom. The van der Waals surface area contributed by atoms with Gasteiger partial charge in [-0.05, 0) is 31.4 Å². The van der Waals surface area contributed by atoms with Crippen LogP contribution in [0, 0.1) is 5.92 Å². The molecule has 0 bridgehead atoms. The van der Waals surface area contributed by atoms with Gasteiger partial charge in [0, 0.05) is 5.56 Å². The maximum atomic E-state index is 6.09. The predicted molar refractivity (Wildman–Crippen MR) is 76.9 cm³/mol. The maximum Gasteiger partial charge on any atom is 0.123 e. The van der Waals surface area contributed by atoms with Gasteiger partial charge in [0.15, 0.2) is 0 Å². The summed E-state index contributed by atoms with van der Waals surface area (Å²) in [7, 11) is 0. The summed E-state index contributed by atoms with van der Waals surface area (Å²) in [4.78, 5) is 0. The Morgan fingerprint density at radius 1 is 1.37 bits per heavy atom. The Balaban J connectivity index is 1.79. The van der Waals surface area contributed by atoms with Gasteiger partial charge in [0.25, 0.3) is 0 Å². The Labute approximate surface area is 116 Å². The summed E-state index contributed by atoms with van der Waals surface area (Å²) in [5.41, 5.74) is 1.19. The Morgan fingerprint density at radius 3 is 3.05 bits per heavy atom. The van der Waals surface area contributed by atoms with E-state index >= 15 is 0 Å². The molecule has 0 amide bonds. The first-order chi connectivity index (χ1) is 9.33. The number of nitrogens with one attached hydrogen (secondary N) is 1. The van der Waals surface area contributed by atoms with Crippen molar-refractivity contribution < 1.29 is 9.15 Å². The minimum absolute atomic E-state index is 0.445. The lowest BCUT2D eigenvalue weighted by atomic mass is 9.85. The molecular formula is C16H27NO2. The second-order valence-electron chi connectivity index (χ2n) is 5.52. The summed E-state index contributed by atoms with van der Waals surface area (Å²) in [6.07, 6.45) is 8.65. The van der Waals surface area contributed by atoms with Crippen molar-refractivity contribution in [1.29, 1.82) is 0 Å². The summed E-state index contributed by atoms with van der Waals surface area (Å²) >= 11 is 0. The Hall–Kier alpha value is -0.800. The van der Waals surface area contributed by atoms with E-state index in [1.54, 1.807) is 6.26 Å². The van der Waals surface area contributed by atoms with Crippen molar-refractivity contribution >= 4 is 0 Å². The van der Waals surface area contributed by atoms with Crippen molar-refractivity contribution in [1.82, 2.24) is 5.32 Å². The zero-order valence-corrected chi connectivity index (χ0v) is 12.3. The molecule has 1 N–H and O–H groups in total. The van der Waals surface area contributed by atoms with E-state index in [-0.39, 0.29) is 0 Å². The molecule has 19 heavy (non-hydrogen) atoms. The molecule has 3 nitrogen and oxygen atoms in total.